The minimum Gasteiger partial charge on any atom is -0.465 e. The van der Waals surface area contributed by atoms with E-state index >= 15 is 0 Å². The van der Waals surface area contributed by atoms with Gasteiger partial charge in [-0.1, -0.05) is 12.1 Å². The summed E-state index contributed by atoms with van der Waals surface area (Å²) in [5.41, 5.74) is 1.25. The van der Waals surface area contributed by atoms with E-state index in [9.17, 15) is 14.4 Å². The van der Waals surface area contributed by atoms with E-state index in [1.807, 2.05) is 6.92 Å². The molecule has 0 spiro atoms. The zero-order valence-electron chi connectivity index (χ0n) is 15.2. The van der Waals surface area contributed by atoms with Crippen molar-refractivity contribution in [2.45, 2.75) is 34.1 Å². The number of carbonyl (C=O) groups is 3. The van der Waals surface area contributed by atoms with Crippen LogP contribution in [0.1, 0.15) is 60.7 Å². The molecule has 2 heterocycles. The third-order valence-corrected chi connectivity index (χ3v) is 4.83. The van der Waals surface area contributed by atoms with Crippen LogP contribution < -0.4 is 5.32 Å². The van der Waals surface area contributed by atoms with Crippen LogP contribution >= 0.6 is 11.3 Å². The lowest BCUT2D eigenvalue weighted by Crippen LogP contribution is -2.16. The highest BCUT2D eigenvalue weighted by Crippen LogP contribution is 2.35. The summed E-state index contributed by atoms with van der Waals surface area (Å²) >= 11 is 0.960. The average Bonchev–Trinajstić information content (AvgIpc) is 3.11. The number of methoxy groups -OCH3 is 1. The highest BCUT2D eigenvalue weighted by molar-refractivity contribution is 7.18. The summed E-state index contributed by atoms with van der Waals surface area (Å²) in [6.07, 6.45) is 0.652. The monoisotopic (exact) mass is 380 g/mol. The molecule has 2 rings (SSSR count). The molecule has 0 aliphatic rings. The van der Waals surface area contributed by atoms with Crippen molar-refractivity contribution in [3.8, 4) is 0 Å². The molecule has 0 saturated carbocycles. The summed E-state index contributed by atoms with van der Waals surface area (Å²) in [4.78, 5) is 37.2. The van der Waals surface area contributed by atoms with Gasteiger partial charge in [0.15, 0.2) is 0 Å². The molecule has 8 nitrogen and oxygen atoms in total. The van der Waals surface area contributed by atoms with Crippen LogP contribution in [0.25, 0.3) is 0 Å². The molecule has 0 bridgehead atoms. The summed E-state index contributed by atoms with van der Waals surface area (Å²) in [6, 6.07) is 0. The Morgan fingerprint density at radius 3 is 2.38 bits per heavy atom. The summed E-state index contributed by atoms with van der Waals surface area (Å²) in [5.74, 6) is -1.32. The zero-order valence-corrected chi connectivity index (χ0v) is 16.0. The van der Waals surface area contributed by atoms with Crippen molar-refractivity contribution in [2.24, 2.45) is 0 Å². The number of carbonyl (C=O) groups excluding carboxylic acids is 3. The lowest BCUT2D eigenvalue weighted by atomic mass is 10.1. The van der Waals surface area contributed by atoms with E-state index in [4.69, 9.17) is 14.0 Å². The maximum Gasteiger partial charge on any atom is 0.348 e. The predicted molar refractivity (Wildman–Crippen MR) is 94.9 cm³/mol. The van der Waals surface area contributed by atoms with Crippen LogP contribution in [0.3, 0.4) is 0 Å². The maximum atomic E-state index is 12.6. The van der Waals surface area contributed by atoms with Crippen molar-refractivity contribution < 1.29 is 28.4 Å². The van der Waals surface area contributed by atoms with Crippen LogP contribution in [0.2, 0.25) is 0 Å². The molecule has 0 unspecified atom stereocenters. The largest absolute Gasteiger partial charge is 0.465 e. The van der Waals surface area contributed by atoms with Crippen LogP contribution in [0.15, 0.2) is 4.52 Å². The van der Waals surface area contributed by atoms with Crippen LogP contribution in [-0.2, 0) is 9.47 Å². The Balaban J connectivity index is 2.44. The molecule has 140 valence electrons. The second-order valence-corrected chi connectivity index (χ2v) is 6.56. The molecule has 0 aliphatic heterocycles. The third kappa shape index (κ3) is 3.77. The number of hydrogen-bond acceptors (Lipinski definition) is 8. The van der Waals surface area contributed by atoms with E-state index in [2.05, 4.69) is 10.5 Å². The smallest absolute Gasteiger partial charge is 0.348 e. The molecule has 26 heavy (non-hydrogen) atoms. The number of rotatable bonds is 6. The lowest BCUT2D eigenvalue weighted by Gasteiger charge is -2.07. The highest BCUT2D eigenvalue weighted by Gasteiger charge is 2.28. The van der Waals surface area contributed by atoms with Crippen LogP contribution in [0.5, 0.6) is 0 Å². The van der Waals surface area contributed by atoms with Gasteiger partial charge in [-0.15, -0.1) is 11.3 Å². The van der Waals surface area contributed by atoms with Gasteiger partial charge in [0, 0.05) is 0 Å². The molecule has 1 N–H and O–H groups in total. The first-order valence-electron chi connectivity index (χ1n) is 7.94. The summed E-state index contributed by atoms with van der Waals surface area (Å²) < 4.78 is 14.9. The van der Waals surface area contributed by atoms with E-state index < -0.39 is 17.8 Å². The SMILES string of the molecule is CCCOC(=O)c1c(NC(=O)c2c(C)noc2C)sc(C(=O)OC)c1C. The van der Waals surface area contributed by atoms with Crippen LogP contribution in [0, 0.1) is 20.8 Å². The summed E-state index contributed by atoms with van der Waals surface area (Å²) in [5, 5.41) is 6.62. The fraction of sp³-hybridized carbons (Fsp3) is 0.412. The molecule has 0 aromatic carbocycles. The number of hydrogen-bond donors (Lipinski definition) is 1. The standard InChI is InChI=1S/C17H20N2O6S/c1-6-7-24-16(21)11-8(2)13(17(22)23-5)26-15(11)18-14(20)12-9(3)19-25-10(12)4/h6-7H2,1-5H3,(H,18,20). The van der Waals surface area contributed by atoms with Crippen molar-refractivity contribution in [3.05, 3.63) is 33.0 Å². The van der Waals surface area contributed by atoms with Crippen LogP contribution in [0.4, 0.5) is 5.00 Å². The van der Waals surface area contributed by atoms with Gasteiger partial charge >= 0.3 is 11.9 Å². The van der Waals surface area contributed by atoms with Crippen molar-refractivity contribution in [1.82, 2.24) is 5.16 Å². The quantitative estimate of drug-likeness (QED) is 0.766. The number of amides is 1. The Morgan fingerprint density at radius 1 is 1.15 bits per heavy atom. The van der Waals surface area contributed by atoms with E-state index in [1.165, 1.54) is 7.11 Å². The fourth-order valence-electron chi connectivity index (χ4n) is 2.37. The Kier molecular flexibility index (Phi) is 6.14. The van der Waals surface area contributed by atoms with Crippen molar-refractivity contribution in [3.63, 3.8) is 0 Å². The van der Waals surface area contributed by atoms with Gasteiger partial charge in [0.2, 0.25) is 0 Å². The summed E-state index contributed by atoms with van der Waals surface area (Å²) in [7, 11) is 1.25. The first-order chi connectivity index (χ1) is 12.3. The number of ether oxygens (including phenoxy) is 2. The number of nitrogens with zero attached hydrogens (tertiary/aromatic N) is 1. The van der Waals surface area contributed by atoms with Gasteiger partial charge in [-0.3, -0.25) is 4.79 Å². The van der Waals surface area contributed by atoms with Gasteiger partial charge in [0.1, 0.15) is 21.2 Å². The second kappa shape index (κ2) is 8.13. The van der Waals surface area contributed by atoms with Crippen molar-refractivity contribution in [1.29, 1.82) is 0 Å². The predicted octanol–water partition coefficient (Wildman–Crippen LogP) is 3.27. The van der Waals surface area contributed by atoms with Gasteiger partial charge in [-0.2, -0.15) is 0 Å². The Morgan fingerprint density at radius 2 is 1.85 bits per heavy atom. The Labute approximate surface area is 154 Å². The first-order valence-corrected chi connectivity index (χ1v) is 8.76. The fourth-order valence-corrected chi connectivity index (χ4v) is 3.48. The lowest BCUT2D eigenvalue weighted by molar-refractivity contribution is 0.0506. The summed E-state index contributed by atoms with van der Waals surface area (Å²) in [6.45, 7) is 6.97. The van der Waals surface area contributed by atoms with E-state index in [0.717, 1.165) is 11.3 Å². The topological polar surface area (TPSA) is 108 Å². The molecule has 2 aromatic rings. The van der Waals surface area contributed by atoms with Gasteiger partial charge < -0.3 is 19.3 Å². The molecule has 0 fully saturated rings. The molecular weight excluding hydrogens is 360 g/mol. The minimum atomic E-state index is -0.607. The maximum absolute atomic E-state index is 12.6. The van der Waals surface area contributed by atoms with Gasteiger partial charge in [-0.25, -0.2) is 9.59 Å². The van der Waals surface area contributed by atoms with Crippen LogP contribution in [-0.4, -0.2) is 36.7 Å². The Hall–Kier alpha value is -2.68. The van der Waals surface area contributed by atoms with Gasteiger partial charge in [0.25, 0.3) is 5.91 Å². The van der Waals surface area contributed by atoms with E-state index in [1.54, 1.807) is 20.8 Å². The molecule has 1 amide bonds. The number of nitrogens with one attached hydrogen (secondary N) is 1. The molecule has 0 radical (unpaired) electrons. The van der Waals surface area contributed by atoms with E-state index in [-0.39, 0.29) is 27.6 Å². The number of aryl methyl sites for hydroxylation is 2. The minimum absolute atomic E-state index is 0.143. The molecule has 2 aromatic heterocycles. The molecule has 0 aliphatic carbocycles. The molecular formula is C17H20N2O6S. The number of thiophene rings is 1. The average molecular weight is 380 g/mol. The van der Waals surface area contributed by atoms with Gasteiger partial charge in [0.05, 0.1) is 25.0 Å². The van der Waals surface area contributed by atoms with Crippen molar-refractivity contribution in [2.75, 3.05) is 19.0 Å². The number of aromatic nitrogens is 1. The van der Waals surface area contributed by atoms with E-state index in [0.29, 0.717) is 23.4 Å². The normalized spacial score (nSPS) is 10.5. The third-order valence-electron chi connectivity index (χ3n) is 3.65. The number of anilines is 1. The van der Waals surface area contributed by atoms with Crippen molar-refractivity contribution >= 4 is 34.2 Å². The molecule has 9 heteroatoms. The molecule has 0 atom stereocenters. The second-order valence-electron chi connectivity index (χ2n) is 5.54. The Bertz CT molecular complexity index is 832. The zero-order chi connectivity index (χ0) is 19.4. The highest BCUT2D eigenvalue weighted by atomic mass is 32.1. The van der Waals surface area contributed by atoms with Gasteiger partial charge in [-0.05, 0) is 32.8 Å². The molecule has 0 saturated heterocycles. The first kappa shape index (κ1) is 19.6. The number of esters is 2.